The van der Waals surface area contributed by atoms with Crippen LogP contribution in [0.5, 0.6) is 11.5 Å². The number of esters is 1. The van der Waals surface area contributed by atoms with Gasteiger partial charge in [-0.25, -0.2) is 4.79 Å². The lowest BCUT2D eigenvalue weighted by atomic mass is 9.95. The van der Waals surface area contributed by atoms with Crippen LogP contribution in [0.1, 0.15) is 11.1 Å². The van der Waals surface area contributed by atoms with Crippen LogP contribution in [0.15, 0.2) is 12.1 Å². The van der Waals surface area contributed by atoms with Gasteiger partial charge in [0.15, 0.2) is 17.5 Å². The van der Waals surface area contributed by atoms with Crippen molar-refractivity contribution in [1.29, 1.82) is 0 Å². The molecule has 0 unspecified atom stereocenters. The first-order chi connectivity index (χ1) is 8.69. The van der Waals surface area contributed by atoms with E-state index >= 15 is 0 Å². The smallest absolute Gasteiger partial charge is 0.364 e. The fraction of sp³-hybridized carbons (Fsp3) is 0.462. The van der Waals surface area contributed by atoms with E-state index in [0.29, 0.717) is 12.2 Å². The van der Waals surface area contributed by atoms with Crippen LogP contribution in [0, 0.1) is 0 Å². The number of methoxy groups -OCH3 is 3. The molecule has 2 N–H and O–H groups in total. The van der Waals surface area contributed by atoms with Crippen LogP contribution in [0.25, 0.3) is 0 Å². The summed E-state index contributed by atoms with van der Waals surface area (Å²) in [5, 5.41) is 1.99. The number of hydrogen-bond acceptors (Lipinski definition) is 4. The number of benzene rings is 1. The van der Waals surface area contributed by atoms with Crippen molar-refractivity contribution in [2.24, 2.45) is 0 Å². The van der Waals surface area contributed by atoms with Gasteiger partial charge in [0.1, 0.15) is 6.54 Å². The Morgan fingerprint density at radius 1 is 1.17 bits per heavy atom. The van der Waals surface area contributed by atoms with Crippen molar-refractivity contribution in [3.8, 4) is 11.5 Å². The van der Waals surface area contributed by atoms with Crippen molar-refractivity contribution in [2.45, 2.75) is 19.0 Å². The van der Waals surface area contributed by atoms with Gasteiger partial charge in [-0.15, -0.1) is 0 Å². The van der Waals surface area contributed by atoms with Crippen LogP contribution < -0.4 is 14.8 Å². The third-order valence-electron chi connectivity index (χ3n) is 3.27. The molecular formula is C13H18NO4+. The molecular weight excluding hydrogens is 234 g/mol. The molecule has 0 fully saturated rings. The molecule has 5 heteroatoms. The third-order valence-corrected chi connectivity index (χ3v) is 3.27. The monoisotopic (exact) mass is 252 g/mol. The largest absolute Gasteiger partial charge is 0.493 e. The van der Waals surface area contributed by atoms with E-state index in [2.05, 4.69) is 0 Å². The number of hydrogen-bond donors (Lipinski definition) is 1. The van der Waals surface area contributed by atoms with E-state index in [1.807, 2.05) is 17.4 Å². The van der Waals surface area contributed by atoms with Crippen LogP contribution in [-0.4, -0.2) is 33.3 Å². The maximum atomic E-state index is 11.5. The molecule has 1 atom stereocenters. The molecule has 0 saturated heterocycles. The highest BCUT2D eigenvalue weighted by Gasteiger charge is 2.29. The quantitative estimate of drug-likeness (QED) is 0.761. The Hall–Kier alpha value is -1.75. The molecule has 0 bridgehead atoms. The molecule has 0 amide bonds. The highest BCUT2D eigenvalue weighted by atomic mass is 16.5. The van der Waals surface area contributed by atoms with E-state index in [1.54, 1.807) is 14.2 Å². The Balaban J connectivity index is 2.29. The standard InChI is InChI=1S/C13H17NO4/c1-16-11-5-8-4-10(13(15)18-3)14-7-9(8)6-12(11)17-2/h5-6,10,14H,4,7H2,1-3H3/p+1/t10-/m1/s1. The molecule has 1 aromatic rings. The van der Waals surface area contributed by atoms with E-state index in [0.717, 1.165) is 17.9 Å². The SMILES string of the molecule is COC(=O)[C@H]1Cc2cc(OC)c(OC)cc2C[NH2+]1. The van der Waals surface area contributed by atoms with E-state index in [4.69, 9.17) is 14.2 Å². The van der Waals surface area contributed by atoms with Crippen LogP contribution >= 0.6 is 0 Å². The average molecular weight is 252 g/mol. The minimum absolute atomic E-state index is 0.166. The van der Waals surface area contributed by atoms with Gasteiger partial charge in [-0.05, 0) is 17.7 Å². The normalized spacial score (nSPS) is 17.8. The Morgan fingerprint density at radius 3 is 2.33 bits per heavy atom. The first-order valence-electron chi connectivity index (χ1n) is 5.84. The molecule has 0 saturated carbocycles. The Morgan fingerprint density at radius 2 is 1.78 bits per heavy atom. The molecule has 0 aromatic heterocycles. The van der Waals surface area contributed by atoms with Crippen LogP contribution in [-0.2, 0) is 22.5 Å². The fourth-order valence-electron chi connectivity index (χ4n) is 2.26. The van der Waals surface area contributed by atoms with E-state index in [-0.39, 0.29) is 12.0 Å². The van der Waals surface area contributed by atoms with Gasteiger partial charge in [-0.1, -0.05) is 0 Å². The molecule has 18 heavy (non-hydrogen) atoms. The maximum Gasteiger partial charge on any atom is 0.364 e. The lowest BCUT2D eigenvalue weighted by Crippen LogP contribution is -2.92. The molecule has 1 heterocycles. The van der Waals surface area contributed by atoms with Gasteiger partial charge in [0.2, 0.25) is 0 Å². The molecule has 98 valence electrons. The van der Waals surface area contributed by atoms with E-state index < -0.39 is 0 Å². The summed E-state index contributed by atoms with van der Waals surface area (Å²) in [5.74, 6) is 1.23. The Labute approximate surface area is 106 Å². The first-order valence-corrected chi connectivity index (χ1v) is 5.84. The summed E-state index contributed by atoms with van der Waals surface area (Å²) < 4.78 is 15.3. The summed E-state index contributed by atoms with van der Waals surface area (Å²) in [7, 11) is 4.64. The molecule has 0 radical (unpaired) electrons. The first kappa shape index (κ1) is 12.7. The summed E-state index contributed by atoms with van der Waals surface area (Å²) in [6.07, 6.45) is 0.655. The van der Waals surface area contributed by atoms with Crippen molar-refractivity contribution >= 4 is 5.97 Å². The van der Waals surface area contributed by atoms with Gasteiger partial charge in [0.25, 0.3) is 0 Å². The number of nitrogens with two attached hydrogens (primary N) is 1. The number of rotatable bonds is 3. The molecule has 1 aliphatic rings. The second-order valence-electron chi connectivity index (χ2n) is 4.25. The zero-order valence-corrected chi connectivity index (χ0v) is 10.9. The lowest BCUT2D eigenvalue weighted by molar-refractivity contribution is -0.696. The van der Waals surface area contributed by atoms with Gasteiger partial charge in [-0.2, -0.15) is 0 Å². The van der Waals surface area contributed by atoms with Crippen molar-refractivity contribution in [3.05, 3.63) is 23.3 Å². The maximum absolute atomic E-state index is 11.5. The molecule has 1 aliphatic heterocycles. The number of carbonyl (C=O) groups excluding carboxylic acids is 1. The van der Waals surface area contributed by atoms with Crippen LogP contribution in [0.4, 0.5) is 0 Å². The number of quaternary nitrogens is 1. The number of ether oxygens (including phenoxy) is 3. The van der Waals surface area contributed by atoms with Gasteiger partial charge in [-0.3, -0.25) is 0 Å². The zero-order chi connectivity index (χ0) is 13.1. The van der Waals surface area contributed by atoms with Gasteiger partial charge < -0.3 is 19.5 Å². The second kappa shape index (κ2) is 5.27. The molecule has 1 aromatic carbocycles. The lowest BCUT2D eigenvalue weighted by Gasteiger charge is -2.22. The predicted molar refractivity (Wildman–Crippen MR) is 64.7 cm³/mol. The predicted octanol–water partition coefficient (Wildman–Crippen LogP) is -0.135. The molecule has 0 spiro atoms. The zero-order valence-electron chi connectivity index (χ0n) is 10.9. The summed E-state index contributed by atoms with van der Waals surface area (Å²) in [5.41, 5.74) is 2.29. The minimum Gasteiger partial charge on any atom is -0.493 e. The Bertz CT molecular complexity index is 459. The highest BCUT2D eigenvalue weighted by molar-refractivity contribution is 5.74. The van der Waals surface area contributed by atoms with Crippen LogP contribution in [0.2, 0.25) is 0 Å². The summed E-state index contributed by atoms with van der Waals surface area (Å²) in [6, 6.07) is 3.75. The van der Waals surface area contributed by atoms with Crippen molar-refractivity contribution in [3.63, 3.8) is 0 Å². The fourth-order valence-corrected chi connectivity index (χ4v) is 2.26. The Kier molecular flexibility index (Phi) is 3.72. The van der Waals surface area contributed by atoms with E-state index in [9.17, 15) is 4.79 Å². The topological polar surface area (TPSA) is 61.4 Å². The van der Waals surface area contributed by atoms with Gasteiger partial charge in [0, 0.05) is 12.0 Å². The average Bonchev–Trinajstić information content (AvgIpc) is 2.44. The number of fused-ring (bicyclic) bond motifs is 1. The minimum atomic E-state index is -0.185. The summed E-state index contributed by atoms with van der Waals surface area (Å²) in [6.45, 7) is 0.745. The third kappa shape index (κ3) is 2.26. The van der Waals surface area contributed by atoms with Gasteiger partial charge >= 0.3 is 5.97 Å². The van der Waals surface area contributed by atoms with E-state index in [1.165, 1.54) is 12.7 Å². The summed E-state index contributed by atoms with van der Waals surface area (Å²) >= 11 is 0. The van der Waals surface area contributed by atoms with Crippen molar-refractivity contribution in [2.75, 3.05) is 21.3 Å². The van der Waals surface area contributed by atoms with Crippen molar-refractivity contribution < 1.29 is 24.3 Å². The van der Waals surface area contributed by atoms with Crippen LogP contribution in [0.3, 0.4) is 0 Å². The molecule has 5 nitrogen and oxygen atoms in total. The number of carbonyl (C=O) groups is 1. The van der Waals surface area contributed by atoms with Crippen molar-refractivity contribution in [1.82, 2.24) is 0 Å². The van der Waals surface area contributed by atoms with Gasteiger partial charge in [0.05, 0.1) is 21.3 Å². The second-order valence-corrected chi connectivity index (χ2v) is 4.25. The summed E-state index contributed by atoms with van der Waals surface area (Å²) in [4.78, 5) is 11.5. The molecule has 2 rings (SSSR count). The molecule has 0 aliphatic carbocycles. The highest BCUT2D eigenvalue weighted by Crippen LogP contribution is 2.31.